The average molecular weight is 496 g/mol. The van der Waals surface area contributed by atoms with Crippen LogP contribution in [0, 0.1) is 0 Å². The number of hydrogen-bond acceptors (Lipinski definition) is 5. The monoisotopic (exact) mass is 495 g/mol. The van der Waals surface area contributed by atoms with E-state index in [0.29, 0.717) is 12.0 Å². The predicted molar refractivity (Wildman–Crippen MR) is 141 cm³/mol. The molecule has 5 nitrogen and oxygen atoms in total. The second-order valence-electron chi connectivity index (χ2n) is 10.2. The molecule has 1 saturated heterocycles. The lowest BCUT2D eigenvalue weighted by Crippen LogP contribution is -2.54. The van der Waals surface area contributed by atoms with Gasteiger partial charge in [-0.2, -0.15) is 0 Å². The fourth-order valence-electron chi connectivity index (χ4n) is 4.13. The molecule has 0 spiro atoms. The van der Waals surface area contributed by atoms with Gasteiger partial charge in [0.05, 0.1) is 17.8 Å². The maximum absolute atomic E-state index is 12.9. The summed E-state index contributed by atoms with van der Waals surface area (Å²) in [6.07, 6.45) is 2.34. The average Bonchev–Trinajstić information content (AvgIpc) is 2.83. The van der Waals surface area contributed by atoms with E-state index in [2.05, 4.69) is 51.6 Å². The van der Waals surface area contributed by atoms with Crippen molar-refractivity contribution >= 4 is 20.2 Å². The van der Waals surface area contributed by atoms with Crippen LogP contribution < -0.4 is 5.19 Å². The molecular formula is C29H39O5Si+. The van der Waals surface area contributed by atoms with Crippen molar-refractivity contribution in [2.75, 3.05) is 0 Å². The minimum Gasteiger partial charge on any atom is -0.453 e. The number of hydrogen-bond donors (Lipinski definition) is 0. The zero-order valence-electron chi connectivity index (χ0n) is 21.6. The van der Waals surface area contributed by atoms with Crippen molar-refractivity contribution in [1.29, 1.82) is 0 Å². The van der Waals surface area contributed by atoms with Crippen molar-refractivity contribution < 1.29 is 23.4 Å². The van der Waals surface area contributed by atoms with Crippen LogP contribution in [-0.4, -0.2) is 45.7 Å². The van der Waals surface area contributed by atoms with Crippen LogP contribution in [0.4, 0.5) is 0 Å². The first-order valence-corrected chi connectivity index (χ1v) is 13.9. The minimum atomic E-state index is -1.40. The van der Waals surface area contributed by atoms with E-state index in [1.807, 2.05) is 44.2 Å². The molecule has 0 saturated carbocycles. The van der Waals surface area contributed by atoms with Crippen LogP contribution in [0.2, 0.25) is 5.04 Å². The summed E-state index contributed by atoms with van der Waals surface area (Å²) in [7, 11) is -1.40. The quantitative estimate of drug-likeness (QED) is 0.237. The Kier molecular flexibility index (Phi) is 9.86. The summed E-state index contributed by atoms with van der Waals surface area (Å²) in [6.45, 7) is 14.4. The first-order chi connectivity index (χ1) is 16.7. The predicted octanol–water partition coefficient (Wildman–Crippen LogP) is 5.80. The van der Waals surface area contributed by atoms with Gasteiger partial charge in [0.15, 0.2) is 12.4 Å². The Morgan fingerprint density at radius 3 is 2.34 bits per heavy atom. The molecule has 0 aliphatic carbocycles. The van der Waals surface area contributed by atoms with Crippen LogP contribution in [0.25, 0.3) is 0 Å². The summed E-state index contributed by atoms with van der Waals surface area (Å²) >= 11 is 0. The second-order valence-corrected chi connectivity index (χ2v) is 13.1. The molecule has 6 heteroatoms. The Bertz CT molecular complexity index is 927. The van der Waals surface area contributed by atoms with Gasteiger partial charge in [0.1, 0.15) is 16.3 Å². The third kappa shape index (κ3) is 7.87. The molecule has 2 aromatic rings. The van der Waals surface area contributed by atoms with Crippen molar-refractivity contribution in [3.05, 3.63) is 78.9 Å². The molecule has 1 heterocycles. The molecule has 2 aromatic carbocycles. The molecule has 1 fully saturated rings. The van der Waals surface area contributed by atoms with Gasteiger partial charge in [0.2, 0.25) is 0 Å². The van der Waals surface area contributed by atoms with Crippen molar-refractivity contribution in [1.82, 2.24) is 0 Å². The summed E-state index contributed by atoms with van der Waals surface area (Å²) in [5.74, 6) is -0.385. The molecule has 0 unspecified atom stereocenters. The van der Waals surface area contributed by atoms with Gasteiger partial charge >= 0.3 is 15.0 Å². The maximum atomic E-state index is 12.9. The molecule has 188 valence electrons. The van der Waals surface area contributed by atoms with Gasteiger partial charge in [-0.05, 0) is 71.7 Å². The number of rotatable bonds is 10. The zero-order valence-corrected chi connectivity index (χ0v) is 22.6. The SMILES string of the molecule is C=CCC[C@@H](C)O[C@@H]1O[C@@H](C)[C@H](O[Si+](c2ccccc2)C(C)(C)C)C[C@H]1OC(=O)c1ccccc1. The highest BCUT2D eigenvalue weighted by Crippen LogP contribution is 2.33. The first-order valence-electron chi connectivity index (χ1n) is 12.5. The molecule has 0 aromatic heterocycles. The van der Waals surface area contributed by atoms with Crippen LogP contribution in [0.3, 0.4) is 0 Å². The molecule has 1 aliphatic rings. The van der Waals surface area contributed by atoms with Crippen molar-refractivity contribution in [3.8, 4) is 0 Å². The molecule has 1 aliphatic heterocycles. The molecular weight excluding hydrogens is 456 g/mol. The second kappa shape index (κ2) is 12.6. The maximum Gasteiger partial charge on any atom is 0.517 e. The highest BCUT2D eigenvalue weighted by Gasteiger charge is 2.52. The number of carbonyl (C=O) groups is 1. The Labute approximate surface area is 212 Å². The Morgan fingerprint density at radius 1 is 1.11 bits per heavy atom. The fourth-order valence-corrected chi connectivity index (χ4v) is 6.58. The molecule has 5 atom stereocenters. The Hall–Kier alpha value is -2.25. The summed E-state index contributed by atoms with van der Waals surface area (Å²) in [6, 6.07) is 19.4. The van der Waals surface area contributed by atoms with E-state index in [9.17, 15) is 4.79 Å². The van der Waals surface area contributed by atoms with Crippen LogP contribution in [-0.2, 0) is 18.6 Å². The van der Waals surface area contributed by atoms with E-state index in [0.717, 1.165) is 12.8 Å². The standard InChI is InChI=1S/C29H39O5Si/c1-7-8-15-21(2)31-28-26(33-27(30)23-16-11-9-12-17-23)20-25(22(3)32-28)34-35(29(4,5)6)24-18-13-10-14-19-24/h7,9-14,16-19,21-22,25-26,28H,1,8,15,20H2,2-6H3/q+1/t21-,22+,25-,26-,28-/m1/s1. The summed E-state index contributed by atoms with van der Waals surface area (Å²) in [5.41, 5.74) is 0.505. The Balaban J connectivity index is 1.80. The van der Waals surface area contributed by atoms with Crippen LogP contribution in [0.5, 0.6) is 0 Å². The van der Waals surface area contributed by atoms with E-state index >= 15 is 0 Å². The third-order valence-corrected chi connectivity index (χ3v) is 8.80. The molecule has 35 heavy (non-hydrogen) atoms. The van der Waals surface area contributed by atoms with Crippen molar-refractivity contribution in [2.24, 2.45) is 0 Å². The van der Waals surface area contributed by atoms with Gasteiger partial charge in [-0.1, -0.05) is 42.5 Å². The normalized spacial score (nSPS) is 23.3. The van der Waals surface area contributed by atoms with Gasteiger partial charge < -0.3 is 14.2 Å². The summed E-state index contributed by atoms with van der Waals surface area (Å²) in [5, 5.41) is 1.18. The lowest BCUT2D eigenvalue weighted by atomic mass is 10.0. The van der Waals surface area contributed by atoms with E-state index in [-0.39, 0.29) is 29.3 Å². The Morgan fingerprint density at radius 2 is 1.74 bits per heavy atom. The molecule has 0 N–H and O–H groups in total. The highest BCUT2D eigenvalue weighted by atomic mass is 28.3. The number of benzene rings is 2. The van der Waals surface area contributed by atoms with Crippen LogP contribution in [0.15, 0.2) is 73.3 Å². The van der Waals surface area contributed by atoms with Crippen LogP contribution in [0.1, 0.15) is 64.2 Å². The van der Waals surface area contributed by atoms with Crippen molar-refractivity contribution in [3.63, 3.8) is 0 Å². The lowest BCUT2D eigenvalue weighted by Gasteiger charge is -2.39. The third-order valence-electron chi connectivity index (χ3n) is 6.04. The highest BCUT2D eigenvalue weighted by molar-refractivity contribution is 6.70. The molecule has 3 rings (SSSR count). The van der Waals surface area contributed by atoms with Gasteiger partial charge in [-0.15, -0.1) is 6.58 Å². The van der Waals surface area contributed by atoms with E-state index in [4.69, 9.17) is 18.6 Å². The first kappa shape index (κ1) is 27.3. The zero-order chi connectivity index (χ0) is 25.4. The topological polar surface area (TPSA) is 54.0 Å². The summed E-state index contributed by atoms with van der Waals surface area (Å²) in [4.78, 5) is 12.9. The number of ether oxygens (including phenoxy) is 3. The van der Waals surface area contributed by atoms with Gasteiger partial charge in [0.25, 0.3) is 0 Å². The van der Waals surface area contributed by atoms with E-state index in [1.165, 1.54) is 5.19 Å². The number of allylic oxidation sites excluding steroid dienone is 1. The molecule has 0 amide bonds. The lowest BCUT2D eigenvalue weighted by molar-refractivity contribution is -0.270. The fraction of sp³-hybridized carbons (Fsp3) is 0.483. The molecule has 0 radical (unpaired) electrons. The molecule has 0 bridgehead atoms. The van der Waals surface area contributed by atoms with Gasteiger partial charge in [-0.3, -0.25) is 0 Å². The largest absolute Gasteiger partial charge is 0.517 e. The summed E-state index contributed by atoms with van der Waals surface area (Å²) < 4.78 is 25.3. The van der Waals surface area contributed by atoms with Gasteiger partial charge in [-0.25, -0.2) is 9.22 Å². The minimum absolute atomic E-state index is 0.0332. The van der Waals surface area contributed by atoms with Gasteiger partial charge in [0, 0.05) is 6.42 Å². The van der Waals surface area contributed by atoms with E-state index in [1.54, 1.807) is 12.1 Å². The number of esters is 1. The van der Waals surface area contributed by atoms with E-state index < -0.39 is 21.4 Å². The number of carbonyl (C=O) groups excluding carboxylic acids is 1. The smallest absolute Gasteiger partial charge is 0.453 e. The van der Waals surface area contributed by atoms with Crippen LogP contribution >= 0.6 is 0 Å². The van der Waals surface area contributed by atoms with Crippen molar-refractivity contribution in [2.45, 2.75) is 89.6 Å².